The zero-order chi connectivity index (χ0) is 15.6. The predicted molar refractivity (Wildman–Crippen MR) is 72.6 cm³/mol. The van der Waals surface area contributed by atoms with Crippen LogP contribution >= 0.6 is 11.6 Å². The summed E-state index contributed by atoms with van der Waals surface area (Å²) in [6.45, 7) is 2.49. The molecular weight excluding hydrogens is 290 g/mol. The van der Waals surface area contributed by atoms with Gasteiger partial charge in [0.15, 0.2) is 6.23 Å². The Labute approximate surface area is 120 Å². The van der Waals surface area contributed by atoms with Gasteiger partial charge < -0.3 is 25.7 Å². The number of aliphatic hydroxyl groups excluding tert-OH is 2. The molecule has 1 heterocycles. The summed E-state index contributed by atoms with van der Waals surface area (Å²) in [6.07, 6.45) is -1.58. The van der Waals surface area contributed by atoms with Crippen LogP contribution < -0.4 is 10.8 Å². The van der Waals surface area contributed by atoms with E-state index in [1.54, 1.807) is 5.48 Å². The zero-order valence-electron chi connectivity index (χ0n) is 11.0. The number of hydroxylamine groups is 1. The third-order valence-corrected chi connectivity index (χ3v) is 3.43. The average molecular weight is 308 g/mol. The van der Waals surface area contributed by atoms with Crippen molar-refractivity contribution in [2.24, 2.45) is 4.99 Å². The smallest absolute Gasteiger partial charge is 0.223 e. The molecule has 1 saturated heterocycles. The zero-order valence-corrected chi connectivity index (χ0v) is 11.8. The number of alkyl halides is 1. The van der Waals surface area contributed by atoms with Gasteiger partial charge in [0.25, 0.3) is 0 Å². The van der Waals surface area contributed by atoms with Gasteiger partial charge in [0, 0.05) is 0 Å². The first-order chi connectivity index (χ1) is 9.21. The van der Waals surface area contributed by atoms with Crippen molar-refractivity contribution in [1.82, 2.24) is 10.8 Å². The molecule has 0 spiro atoms. The molecule has 0 bridgehead atoms. The fourth-order valence-electron chi connectivity index (χ4n) is 1.81. The van der Waals surface area contributed by atoms with Crippen molar-refractivity contribution in [2.45, 2.75) is 36.7 Å². The molecule has 9 nitrogen and oxygen atoms in total. The number of rotatable bonds is 3. The predicted octanol–water partition coefficient (Wildman–Crippen LogP) is -0.997. The van der Waals surface area contributed by atoms with E-state index in [4.69, 9.17) is 32.4 Å². The van der Waals surface area contributed by atoms with E-state index in [-0.39, 0.29) is 11.8 Å². The number of aliphatic imine (C=N–C) groups is 1. The maximum Gasteiger partial charge on any atom is 0.223 e. The molecule has 10 heteroatoms. The lowest BCUT2D eigenvalue weighted by Crippen LogP contribution is -2.47. The normalized spacial score (nSPS) is 37.6. The van der Waals surface area contributed by atoms with Crippen molar-refractivity contribution in [3.63, 3.8) is 0 Å². The highest BCUT2D eigenvalue weighted by Gasteiger charge is 2.58. The van der Waals surface area contributed by atoms with Gasteiger partial charge in [-0.05, 0) is 13.8 Å². The molecule has 0 aliphatic carbocycles. The van der Waals surface area contributed by atoms with Gasteiger partial charge >= 0.3 is 0 Å². The van der Waals surface area contributed by atoms with Gasteiger partial charge in [0.2, 0.25) is 5.96 Å². The first-order valence-corrected chi connectivity index (χ1v) is 6.08. The first-order valence-electron chi connectivity index (χ1n) is 5.71. The molecule has 0 aromatic rings. The van der Waals surface area contributed by atoms with E-state index in [1.165, 1.54) is 13.8 Å². The summed E-state index contributed by atoms with van der Waals surface area (Å²) in [4.78, 5) is 2.56. The molecule has 0 amide bonds. The number of ether oxygens (including phenoxy) is 1. The molecular formula is C10H18ClN5O4. The van der Waals surface area contributed by atoms with E-state index in [0.717, 1.165) is 0 Å². The summed E-state index contributed by atoms with van der Waals surface area (Å²) in [5, 5.41) is 44.7. The molecule has 0 radical (unpaired) electrons. The molecule has 1 fully saturated rings. The molecule has 0 aromatic heterocycles. The van der Waals surface area contributed by atoms with Gasteiger partial charge in [-0.1, -0.05) is 0 Å². The van der Waals surface area contributed by atoms with Gasteiger partial charge in [-0.2, -0.15) is 0 Å². The van der Waals surface area contributed by atoms with Crippen molar-refractivity contribution >= 4 is 29.6 Å². The number of nitrogens with one attached hydrogen (secondary N) is 4. The van der Waals surface area contributed by atoms with Crippen LogP contribution in [-0.4, -0.2) is 62.8 Å². The lowest BCUT2D eigenvalue weighted by atomic mass is 9.92. The molecule has 0 unspecified atom stereocenters. The third kappa shape index (κ3) is 3.07. The second-order valence-electron chi connectivity index (χ2n) is 4.77. The molecule has 1 aliphatic rings. The number of hydrogen-bond acceptors (Lipinski definition) is 7. The fourth-order valence-corrected chi connectivity index (χ4v) is 2.14. The number of guanidine groups is 1. The Kier molecular flexibility index (Phi) is 5.05. The second kappa shape index (κ2) is 6.02. The standard InChI is InChI=1S/C10H18ClN5O4/c1-9(4-17)6(18)10(2,11)7(20-9)15-8(16-19)14-5(13)3-12/h3,6-7,12,17-19H,4H2,1-2H3,(H3,13,14,15,16)/t6-,7-,9-,10+/m1/s1. The third-order valence-electron chi connectivity index (χ3n) is 3.04. The van der Waals surface area contributed by atoms with Crippen LogP contribution in [0.1, 0.15) is 13.8 Å². The van der Waals surface area contributed by atoms with Gasteiger partial charge in [0.05, 0.1) is 12.8 Å². The van der Waals surface area contributed by atoms with Crippen LogP contribution in [0.25, 0.3) is 0 Å². The molecule has 0 saturated carbocycles. The maximum absolute atomic E-state index is 10.1. The number of hydrogen-bond donors (Lipinski definition) is 7. The van der Waals surface area contributed by atoms with Crippen molar-refractivity contribution in [2.75, 3.05) is 6.61 Å². The van der Waals surface area contributed by atoms with Gasteiger partial charge in [-0.3, -0.25) is 10.6 Å². The Morgan fingerprint density at radius 1 is 1.55 bits per heavy atom. The number of amidine groups is 1. The molecule has 1 aliphatic heterocycles. The molecule has 7 N–H and O–H groups in total. The van der Waals surface area contributed by atoms with Gasteiger partial charge in [-0.15, -0.1) is 11.6 Å². The SMILES string of the molecule is C[C@@]1(Cl)[C@H](N=C(NO)NC(=N)C=N)O[C@](C)(CO)[C@H]1O. The Morgan fingerprint density at radius 3 is 2.55 bits per heavy atom. The minimum absolute atomic E-state index is 0.273. The molecule has 1 rings (SSSR count). The highest BCUT2D eigenvalue weighted by atomic mass is 35.5. The highest BCUT2D eigenvalue weighted by Crippen LogP contribution is 2.42. The van der Waals surface area contributed by atoms with Crippen LogP contribution in [0.15, 0.2) is 4.99 Å². The fraction of sp³-hybridized carbons (Fsp3) is 0.700. The lowest BCUT2D eigenvalue weighted by Gasteiger charge is -2.27. The first kappa shape index (κ1) is 16.8. The van der Waals surface area contributed by atoms with Crippen molar-refractivity contribution in [1.29, 1.82) is 10.8 Å². The van der Waals surface area contributed by atoms with Crippen LogP contribution in [0.3, 0.4) is 0 Å². The van der Waals surface area contributed by atoms with E-state index in [1.807, 2.05) is 0 Å². The lowest BCUT2D eigenvalue weighted by molar-refractivity contribution is -0.0966. The Morgan fingerprint density at radius 2 is 2.15 bits per heavy atom. The minimum Gasteiger partial charge on any atom is -0.393 e. The molecule has 114 valence electrons. The molecule has 4 atom stereocenters. The average Bonchev–Trinajstić information content (AvgIpc) is 2.59. The van der Waals surface area contributed by atoms with E-state index in [9.17, 15) is 10.2 Å². The quantitative estimate of drug-likeness (QED) is 0.154. The monoisotopic (exact) mass is 307 g/mol. The Hall–Kier alpha value is -1.26. The largest absolute Gasteiger partial charge is 0.393 e. The van der Waals surface area contributed by atoms with Gasteiger partial charge in [-0.25, -0.2) is 10.5 Å². The summed E-state index contributed by atoms with van der Waals surface area (Å²) in [7, 11) is 0. The highest BCUT2D eigenvalue weighted by molar-refractivity contribution is 6.30. The Bertz CT molecular complexity index is 430. The number of nitrogens with zero attached hydrogens (tertiary/aromatic N) is 1. The van der Waals surface area contributed by atoms with E-state index >= 15 is 0 Å². The topological polar surface area (TPSA) is 154 Å². The maximum atomic E-state index is 10.1. The summed E-state index contributed by atoms with van der Waals surface area (Å²) in [6, 6.07) is 0. The summed E-state index contributed by atoms with van der Waals surface area (Å²) < 4.78 is 5.44. The van der Waals surface area contributed by atoms with Crippen molar-refractivity contribution < 1.29 is 20.2 Å². The van der Waals surface area contributed by atoms with Gasteiger partial charge in [0.1, 0.15) is 22.4 Å². The van der Waals surface area contributed by atoms with Crippen LogP contribution in [0.4, 0.5) is 0 Å². The molecule has 20 heavy (non-hydrogen) atoms. The van der Waals surface area contributed by atoms with E-state index in [0.29, 0.717) is 6.21 Å². The number of halogens is 1. The second-order valence-corrected chi connectivity index (χ2v) is 5.58. The Balaban J connectivity index is 3.00. The van der Waals surface area contributed by atoms with Crippen molar-refractivity contribution in [3.05, 3.63) is 0 Å². The summed E-state index contributed by atoms with van der Waals surface area (Å²) in [5.74, 6) is -0.602. The van der Waals surface area contributed by atoms with E-state index in [2.05, 4.69) is 10.3 Å². The summed E-state index contributed by atoms with van der Waals surface area (Å²) >= 11 is 6.19. The van der Waals surface area contributed by atoms with Crippen LogP contribution in [0, 0.1) is 10.8 Å². The van der Waals surface area contributed by atoms with Crippen LogP contribution in [0.5, 0.6) is 0 Å². The summed E-state index contributed by atoms with van der Waals surface area (Å²) in [5.41, 5.74) is 0.413. The number of aliphatic hydroxyl groups is 2. The minimum atomic E-state index is -1.34. The molecule has 0 aromatic carbocycles. The van der Waals surface area contributed by atoms with Crippen LogP contribution in [-0.2, 0) is 4.74 Å². The van der Waals surface area contributed by atoms with E-state index < -0.39 is 29.4 Å². The van der Waals surface area contributed by atoms with Crippen LogP contribution in [0.2, 0.25) is 0 Å². The van der Waals surface area contributed by atoms with Crippen molar-refractivity contribution in [3.8, 4) is 0 Å².